The zero-order chi connectivity index (χ0) is 14.6. The molecule has 0 radical (unpaired) electrons. The highest BCUT2D eigenvalue weighted by Gasteiger charge is 2.26. The minimum Gasteiger partial charge on any atom is -0.464 e. The van der Waals surface area contributed by atoms with Crippen LogP contribution >= 0.6 is 0 Å². The number of aromatic nitrogens is 1. The Morgan fingerprint density at radius 3 is 2.63 bits per heavy atom. The molecule has 0 fully saturated rings. The molecular weight excluding hydrogens is 252 g/mol. The molecule has 0 N–H and O–H groups in total. The van der Waals surface area contributed by atoms with Gasteiger partial charge in [-0.05, 0) is 19.9 Å². The number of hydrogen-bond acceptors (Lipinski definition) is 6. The van der Waals surface area contributed by atoms with Crippen molar-refractivity contribution < 1.29 is 19.2 Å². The van der Waals surface area contributed by atoms with Gasteiger partial charge < -0.3 is 9.47 Å². The Balaban J connectivity index is 3.28. The number of ether oxygens (including phenoxy) is 2. The van der Waals surface area contributed by atoms with Crippen LogP contribution in [-0.2, 0) is 4.74 Å². The molecule has 0 bridgehead atoms. The summed E-state index contributed by atoms with van der Waals surface area (Å²) in [6.45, 7) is 3.09. The fourth-order valence-corrected chi connectivity index (χ4v) is 1.14. The van der Waals surface area contributed by atoms with E-state index in [1.54, 1.807) is 13.8 Å². The van der Waals surface area contributed by atoms with E-state index in [0.717, 1.165) is 6.07 Å². The van der Waals surface area contributed by atoms with Gasteiger partial charge in [-0.2, -0.15) is 0 Å². The first-order valence-electron chi connectivity index (χ1n) is 5.21. The lowest BCUT2D eigenvalue weighted by Gasteiger charge is -2.19. The average molecular weight is 264 g/mol. The van der Waals surface area contributed by atoms with E-state index in [-0.39, 0.29) is 17.3 Å². The number of hydrogen-bond donors (Lipinski definition) is 0. The van der Waals surface area contributed by atoms with Gasteiger partial charge >= 0.3 is 11.7 Å². The lowest BCUT2D eigenvalue weighted by atomic mass is 10.1. The van der Waals surface area contributed by atoms with Crippen LogP contribution in [0.4, 0.5) is 5.69 Å². The number of rotatable bonds is 4. The van der Waals surface area contributed by atoms with E-state index in [9.17, 15) is 14.9 Å². The number of esters is 1. The van der Waals surface area contributed by atoms with Crippen molar-refractivity contribution in [3.63, 3.8) is 0 Å². The number of terminal acetylenes is 1. The molecule has 0 spiro atoms. The summed E-state index contributed by atoms with van der Waals surface area (Å²) in [5.74, 6) is 1.27. The number of methoxy groups -OCH3 is 1. The fourth-order valence-electron chi connectivity index (χ4n) is 1.14. The van der Waals surface area contributed by atoms with E-state index in [1.807, 2.05) is 0 Å². The molecule has 0 aromatic carbocycles. The molecule has 7 nitrogen and oxygen atoms in total. The van der Waals surface area contributed by atoms with E-state index < -0.39 is 16.5 Å². The van der Waals surface area contributed by atoms with Crippen molar-refractivity contribution in [2.24, 2.45) is 0 Å². The predicted octanol–water partition coefficient (Wildman–Crippen LogP) is 1.57. The van der Waals surface area contributed by atoms with Crippen molar-refractivity contribution in [3.8, 4) is 18.2 Å². The quantitative estimate of drug-likeness (QED) is 0.355. The third kappa shape index (κ3) is 3.42. The largest absolute Gasteiger partial charge is 0.464 e. The predicted molar refractivity (Wildman–Crippen MR) is 65.8 cm³/mol. The molecule has 1 heterocycles. The van der Waals surface area contributed by atoms with Gasteiger partial charge in [0.2, 0.25) is 0 Å². The third-order valence-corrected chi connectivity index (χ3v) is 2.13. The van der Waals surface area contributed by atoms with Crippen LogP contribution in [0.25, 0.3) is 0 Å². The van der Waals surface area contributed by atoms with Crippen LogP contribution in [0.1, 0.15) is 24.3 Å². The smallest absolute Gasteiger partial charge is 0.356 e. The summed E-state index contributed by atoms with van der Waals surface area (Å²) in [6.07, 6.45) is 5.24. The van der Waals surface area contributed by atoms with Crippen molar-refractivity contribution in [1.82, 2.24) is 4.98 Å². The summed E-state index contributed by atoms with van der Waals surface area (Å²) in [6, 6.07) is 2.29. The molecule has 0 aliphatic rings. The minimum absolute atomic E-state index is 0.101. The number of pyridine rings is 1. The Bertz CT molecular complexity index is 560. The molecule has 0 aliphatic carbocycles. The highest BCUT2D eigenvalue weighted by molar-refractivity contribution is 5.87. The molecule has 0 atom stereocenters. The molecule has 7 heteroatoms. The summed E-state index contributed by atoms with van der Waals surface area (Å²) in [7, 11) is 1.18. The Morgan fingerprint density at radius 2 is 2.16 bits per heavy atom. The van der Waals surface area contributed by atoms with Crippen molar-refractivity contribution in [2.75, 3.05) is 7.11 Å². The normalized spacial score (nSPS) is 10.4. The van der Waals surface area contributed by atoms with Gasteiger partial charge in [-0.15, -0.1) is 6.42 Å². The highest BCUT2D eigenvalue weighted by Crippen LogP contribution is 2.28. The number of nitrogens with zero attached hydrogens (tertiary/aromatic N) is 2. The number of nitro groups is 1. The molecule has 0 saturated heterocycles. The second-order valence-electron chi connectivity index (χ2n) is 4.03. The molecule has 0 unspecified atom stereocenters. The maximum atomic E-state index is 11.3. The molecule has 19 heavy (non-hydrogen) atoms. The summed E-state index contributed by atoms with van der Waals surface area (Å²) in [5, 5.41) is 10.9. The van der Waals surface area contributed by atoms with Crippen LogP contribution in [0.3, 0.4) is 0 Å². The first-order chi connectivity index (χ1) is 8.80. The Morgan fingerprint density at radius 1 is 1.53 bits per heavy atom. The van der Waals surface area contributed by atoms with Gasteiger partial charge in [-0.3, -0.25) is 10.1 Å². The number of carbonyl (C=O) groups excluding carboxylic acids is 1. The summed E-state index contributed by atoms with van der Waals surface area (Å²) in [5.41, 5.74) is -1.57. The van der Waals surface area contributed by atoms with Crippen molar-refractivity contribution in [1.29, 1.82) is 0 Å². The summed E-state index contributed by atoms with van der Waals surface area (Å²) >= 11 is 0. The maximum Gasteiger partial charge on any atom is 0.356 e. The first kappa shape index (κ1) is 14.4. The van der Waals surface area contributed by atoms with E-state index in [2.05, 4.69) is 15.6 Å². The van der Waals surface area contributed by atoms with E-state index in [1.165, 1.54) is 13.2 Å². The van der Waals surface area contributed by atoms with Gasteiger partial charge in [0, 0.05) is 6.07 Å². The lowest BCUT2D eigenvalue weighted by molar-refractivity contribution is -0.386. The Hall–Kier alpha value is -2.62. The van der Waals surface area contributed by atoms with Crippen LogP contribution in [0.2, 0.25) is 0 Å². The van der Waals surface area contributed by atoms with Crippen molar-refractivity contribution in [3.05, 3.63) is 27.9 Å². The number of carbonyl (C=O) groups is 1. The Labute approximate surface area is 109 Å². The fraction of sp³-hybridized carbons (Fsp3) is 0.333. The molecule has 100 valence electrons. The van der Waals surface area contributed by atoms with Crippen molar-refractivity contribution >= 4 is 11.7 Å². The van der Waals surface area contributed by atoms with Gasteiger partial charge in [0.1, 0.15) is 0 Å². The van der Waals surface area contributed by atoms with E-state index in [4.69, 9.17) is 11.2 Å². The minimum atomic E-state index is -1.09. The first-order valence-corrected chi connectivity index (χ1v) is 5.21. The lowest BCUT2D eigenvalue weighted by Crippen LogP contribution is -2.26. The van der Waals surface area contributed by atoms with Gasteiger partial charge in [0.25, 0.3) is 5.88 Å². The van der Waals surface area contributed by atoms with Gasteiger partial charge in [0.15, 0.2) is 11.3 Å². The van der Waals surface area contributed by atoms with Crippen LogP contribution in [0.5, 0.6) is 5.88 Å². The molecular formula is C12H12N2O5. The van der Waals surface area contributed by atoms with Crippen LogP contribution < -0.4 is 4.74 Å². The molecule has 1 aromatic heterocycles. The van der Waals surface area contributed by atoms with Crippen LogP contribution in [0.15, 0.2) is 12.1 Å². The van der Waals surface area contributed by atoms with E-state index in [0.29, 0.717) is 0 Å². The third-order valence-electron chi connectivity index (χ3n) is 2.13. The summed E-state index contributed by atoms with van der Waals surface area (Å²) < 4.78 is 9.76. The molecule has 0 amide bonds. The summed E-state index contributed by atoms with van der Waals surface area (Å²) in [4.78, 5) is 25.3. The van der Waals surface area contributed by atoms with Crippen LogP contribution in [0, 0.1) is 22.5 Å². The maximum absolute atomic E-state index is 11.3. The van der Waals surface area contributed by atoms with Crippen LogP contribution in [-0.4, -0.2) is 28.6 Å². The van der Waals surface area contributed by atoms with E-state index >= 15 is 0 Å². The Kier molecular flexibility index (Phi) is 4.07. The highest BCUT2D eigenvalue weighted by atomic mass is 16.6. The van der Waals surface area contributed by atoms with Gasteiger partial charge in [-0.25, -0.2) is 9.78 Å². The molecule has 0 aliphatic heterocycles. The zero-order valence-electron chi connectivity index (χ0n) is 10.7. The second kappa shape index (κ2) is 5.35. The standard InChI is InChI=1S/C12H12N2O5/c1-5-12(2,3)19-10-9(14(16)17)7-6-8(13-10)11(15)18-4/h1,6-7H,2-4H3. The second-order valence-corrected chi connectivity index (χ2v) is 4.03. The topological polar surface area (TPSA) is 91.6 Å². The molecule has 1 rings (SSSR count). The molecule has 1 aromatic rings. The van der Waals surface area contributed by atoms with Gasteiger partial charge in [0.05, 0.1) is 12.0 Å². The molecule has 0 saturated carbocycles. The van der Waals surface area contributed by atoms with Gasteiger partial charge in [-0.1, -0.05) is 5.92 Å². The SMILES string of the molecule is C#CC(C)(C)Oc1nc(C(=O)OC)ccc1[N+](=O)[O-]. The average Bonchev–Trinajstić information content (AvgIpc) is 2.37. The monoisotopic (exact) mass is 264 g/mol. The van der Waals surface area contributed by atoms with Crippen molar-refractivity contribution in [2.45, 2.75) is 19.4 Å². The zero-order valence-corrected chi connectivity index (χ0v) is 10.7.